The van der Waals surface area contributed by atoms with Gasteiger partial charge in [0.05, 0.1) is 6.20 Å². The summed E-state index contributed by atoms with van der Waals surface area (Å²) in [6, 6.07) is 8.16. The van der Waals surface area contributed by atoms with Crippen LogP contribution < -0.4 is 4.90 Å². The minimum absolute atomic E-state index is 0.265. The average Bonchev–Trinajstić information content (AvgIpc) is 2.55. The summed E-state index contributed by atoms with van der Waals surface area (Å²) in [6.45, 7) is 5.21. The monoisotopic (exact) mass is 284 g/mol. The molecule has 5 nitrogen and oxygen atoms in total. The van der Waals surface area contributed by atoms with Gasteiger partial charge in [-0.15, -0.1) is 5.10 Å². The summed E-state index contributed by atoms with van der Waals surface area (Å²) in [7, 11) is 0. The van der Waals surface area contributed by atoms with E-state index in [0.29, 0.717) is 6.42 Å². The van der Waals surface area contributed by atoms with Crippen molar-refractivity contribution in [1.29, 1.82) is 0 Å². The fraction of sp³-hybridized carbons (Fsp3) is 0.438. The molecule has 1 aliphatic heterocycles. The van der Waals surface area contributed by atoms with E-state index in [-0.39, 0.29) is 5.91 Å². The molecule has 3 rings (SSSR count). The number of aromatic nitrogens is 2. The van der Waals surface area contributed by atoms with Gasteiger partial charge in [-0.3, -0.25) is 4.79 Å². The molecule has 0 saturated carbocycles. The fourth-order valence-electron chi connectivity index (χ4n) is 2.79. The molecular weight excluding hydrogens is 264 g/mol. The van der Waals surface area contributed by atoms with E-state index in [0.717, 1.165) is 49.2 Å². The standard InChI is InChI=1S/C16H20N4O/c1-2-5-15(21)19-8-10-20(11-9-19)16-14-7-4-3-6-13(14)12-17-18-16/h3-4,6-7,12H,2,5,8-11H2,1H3. The van der Waals surface area contributed by atoms with Gasteiger partial charge in [-0.2, -0.15) is 5.10 Å². The minimum atomic E-state index is 0.265. The molecule has 0 aliphatic carbocycles. The first kappa shape index (κ1) is 13.8. The van der Waals surface area contributed by atoms with Crippen molar-refractivity contribution in [2.75, 3.05) is 31.1 Å². The number of piperazine rings is 1. The summed E-state index contributed by atoms with van der Waals surface area (Å²) in [5.74, 6) is 1.19. The number of benzene rings is 1. The van der Waals surface area contributed by atoms with E-state index in [1.165, 1.54) is 0 Å². The van der Waals surface area contributed by atoms with Crippen molar-refractivity contribution >= 4 is 22.5 Å². The van der Waals surface area contributed by atoms with Crippen LogP contribution in [-0.2, 0) is 4.79 Å². The van der Waals surface area contributed by atoms with Crippen LogP contribution in [0.2, 0.25) is 0 Å². The Bertz CT molecular complexity index is 630. The molecular formula is C16H20N4O. The van der Waals surface area contributed by atoms with E-state index in [4.69, 9.17) is 0 Å². The van der Waals surface area contributed by atoms with Gasteiger partial charge < -0.3 is 9.80 Å². The first-order valence-electron chi connectivity index (χ1n) is 7.52. The maximum Gasteiger partial charge on any atom is 0.222 e. The van der Waals surface area contributed by atoms with Gasteiger partial charge in [-0.25, -0.2) is 0 Å². The van der Waals surface area contributed by atoms with Gasteiger partial charge in [0.2, 0.25) is 5.91 Å². The summed E-state index contributed by atoms with van der Waals surface area (Å²) >= 11 is 0. The average molecular weight is 284 g/mol. The zero-order chi connectivity index (χ0) is 14.7. The first-order chi connectivity index (χ1) is 10.3. The van der Waals surface area contributed by atoms with Crippen molar-refractivity contribution in [1.82, 2.24) is 15.1 Å². The fourth-order valence-corrected chi connectivity index (χ4v) is 2.79. The Morgan fingerprint density at radius 1 is 1.19 bits per heavy atom. The highest BCUT2D eigenvalue weighted by atomic mass is 16.2. The molecule has 21 heavy (non-hydrogen) atoms. The van der Waals surface area contributed by atoms with Crippen molar-refractivity contribution in [3.8, 4) is 0 Å². The van der Waals surface area contributed by atoms with Crippen molar-refractivity contribution in [2.45, 2.75) is 19.8 Å². The minimum Gasteiger partial charge on any atom is -0.351 e. The van der Waals surface area contributed by atoms with Crippen molar-refractivity contribution in [2.24, 2.45) is 0 Å². The maximum absolute atomic E-state index is 11.9. The van der Waals surface area contributed by atoms with Crippen LogP contribution in [0.1, 0.15) is 19.8 Å². The Balaban J connectivity index is 1.76. The number of hydrogen-bond acceptors (Lipinski definition) is 4. The molecule has 1 aromatic heterocycles. The van der Waals surface area contributed by atoms with Crippen LogP contribution in [0.3, 0.4) is 0 Å². The van der Waals surface area contributed by atoms with E-state index in [1.807, 2.05) is 24.0 Å². The van der Waals surface area contributed by atoms with E-state index in [1.54, 1.807) is 6.20 Å². The lowest BCUT2D eigenvalue weighted by Crippen LogP contribution is -2.49. The number of hydrogen-bond donors (Lipinski definition) is 0. The van der Waals surface area contributed by atoms with E-state index in [2.05, 4.69) is 27.2 Å². The molecule has 1 saturated heterocycles. The number of nitrogens with zero attached hydrogens (tertiary/aromatic N) is 4. The highest BCUT2D eigenvalue weighted by Gasteiger charge is 2.22. The third-order valence-corrected chi connectivity index (χ3v) is 3.95. The van der Waals surface area contributed by atoms with Crippen LogP contribution in [0.5, 0.6) is 0 Å². The van der Waals surface area contributed by atoms with E-state index in [9.17, 15) is 4.79 Å². The molecule has 0 radical (unpaired) electrons. The molecule has 2 aromatic rings. The Hall–Kier alpha value is -2.17. The summed E-state index contributed by atoms with van der Waals surface area (Å²) < 4.78 is 0. The second-order valence-corrected chi connectivity index (χ2v) is 5.37. The lowest BCUT2D eigenvalue weighted by Gasteiger charge is -2.35. The molecule has 0 atom stereocenters. The number of carbonyl (C=O) groups is 1. The Kier molecular flexibility index (Phi) is 3.99. The van der Waals surface area contributed by atoms with Gasteiger partial charge in [-0.05, 0) is 6.42 Å². The van der Waals surface area contributed by atoms with Crippen LogP contribution in [0.25, 0.3) is 10.8 Å². The van der Waals surface area contributed by atoms with Crippen LogP contribution in [0.15, 0.2) is 30.5 Å². The lowest BCUT2D eigenvalue weighted by molar-refractivity contribution is -0.131. The topological polar surface area (TPSA) is 49.3 Å². The predicted molar refractivity (Wildman–Crippen MR) is 83.2 cm³/mol. The molecule has 1 aliphatic rings. The van der Waals surface area contributed by atoms with E-state index >= 15 is 0 Å². The lowest BCUT2D eigenvalue weighted by atomic mass is 10.1. The third kappa shape index (κ3) is 2.82. The Morgan fingerprint density at radius 2 is 1.95 bits per heavy atom. The summed E-state index contributed by atoms with van der Waals surface area (Å²) in [5.41, 5.74) is 0. The molecule has 1 fully saturated rings. The van der Waals surface area contributed by atoms with Gasteiger partial charge in [0.15, 0.2) is 5.82 Å². The molecule has 0 unspecified atom stereocenters. The van der Waals surface area contributed by atoms with Gasteiger partial charge in [0, 0.05) is 43.4 Å². The number of rotatable bonds is 3. The van der Waals surface area contributed by atoms with Crippen LogP contribution in [0, 0.1) is 0 Å². The van der Waals surface area contributed by atoms with E-state index < -0.39 is 0 Å². The quantitative estimate of drug-likeness (QED) is 0.866. The molecule has 1 amide bonds. The number of fused-ring (bicyclic) bond motifs is 1. The maximum atomic E-state index is 11.9. The molecule has 0 N–H and O–H groups in total. The number of anilines is 1. The summed E-state index contributed by atoms with van der Waals surface area (Å²) in [4.78, 5) is 16.1. The molecule has 1 aromatic carbocycles. The second-order valence-electron chi connectivity index (χ2n) is 5.37. The van der Waals surface area contributed by atoms with Crippen LogP contribution in [-0.4, -0.2) is 47.2 Å². The summed E-state index contributed by atoms with van der Waals surface area (Å²) in [5, 5.41) is 10.6. The molecule has 0 spiro atoms. The normalized spacial score (nSPS) is 15.5. The zero-order valence-corrected chi connectivity index (χ0v) is 12.3. The van der Waals surface area contributed by atoms with Gasteiger partial charge in [-0.1, -0.05) is 31.2 Å². The SMILES string of the molecule is CCCC(=O)N1CCN(c2nncc3ccccc23)CC1. The highest BCUT2D eigenvalue weighted by molar-refractivity contribution is 5.91. The number of amides is 1. The predicted octanol–water partition coefficient (Wildman–Crippen LogP) is 2.08. The van der Waals surface area contributed by atoms with Crippen molar-refractivity contribution in [3.63, 3.8) is 0 Å². The van der Waals surface area contributed by atoms with Crippen LogP contribution in [0.4, 0.5) is 5.82 Å². The molecule has 0 bridgehead atoms. The summed E-state index contributed by atoms with van der Waals surface area (Å²) in [6.07, 6.45) is 3.35. The Morgan fingerprint density at radius 3 is 2.71 bits per heavy atom. The molecule has 110 valence electrons. The molecule has 2 heterocycles. The number of carbonyl (C=O) groups excluding carboxylic acids is 1. The van der Waals surface area contributed by atoms with Crippen LogP contribution >= 0.6 is 0 Å². The van der Waals surface area contributed by atoms with Gasteiger partial charge >= 0.3 is 0 Å². The highest BCUT2D eigenvalue weighted by Crippen LogP contribution is 2.24. The van der Waals surface area contributed by atoms with Crippen molar-refractivity contribution in [3.05, 3.63) is 30.5 Å². The largest absolute Gasteiger partial charge is 0.351 e. The van der Waals surface area contributed by atoms with Gasteiger partial charge in [0.25, 0.3) is 0 Å². The van der Waals surface area contributed by atoms with Gasteiger partial charge in [0.1, 0.15) is 0 Å². The second kappa shape index (κ2) is 6.08. The third-order valence-electron chi connectivity index (χ3n) is 3.95. The first-order valence-corrected chi connectivity index (χ1v) is 7.52. The Labute approximate surface area is 124 Å². The zero-order valence-electron chi connectivity index (χ0n) is 12.3. The molecule has 5 heteroatoms. The smallest absolute Gasteiger partial charge is 0.222 e. The van der Waals surface area contributed by atoms with Crippen molar-refractivity contribution < 1.29 is 4.79 Å².